The maximum Gasteiger partial charge on any atom is 0.407 e. The summed E-state index contributed by atoms with van der Waals surface area (Å²) >= 11 is 0. The van der Waals surface area contributed by atoms with E-state index in [0.717, 1.165) is 37.0 Å². The van der Waals surface area contributed by atoms with Crippen molar-refractivity contribution in [3.8, 4) is 0 Å². The quantitative estimate of drug-likeness (QED) is 0.399. The van der Waals surface area contributed by atoms with E-state index in [2.05, 4.69) is 39.9 Å². The molecule has 0 aromatic rings. The van der Waals surface area contributed by atoms with Gasteiger partial charge in [-0.05, 0) is 112 Å². The van der Waals surface area contributed by atoms with Crippen LogP contribution in [0.4, 0.5) is 4.79 Å². The molecule has 0 saturated heterocycles. The third-order valence-corrected chi connectivity index (χ3v) is 11.4. The van der Waals surface area contributed by atoms with E-state index in [1.54, 1.807) is 0 Å². The second kappa shape index (κ2) is 10.3. The Morgan fingerprint density at radius 1 is 1.00 bits per heavy atom. The van der Waals surface area contributed by atoms with E-state index >= 15 is 0 Å². The molecule has 1 amide bonds. The van der Waals surface area contributed by atoms with Gasteiger partial charge in [-0.15, -0.1) is 0 Å². The second-order valence-electron chi connectivity index (χ2n) is 15.3. The van der Waals surface area contributed by atoms with Crippen molar-refractivity contribution in [2.75, 3.05) is 0 Å². The first-order valence-electron chi connectivity index (χ1n) is 15.3. The summed E-state index contributed by atoms with van der Waals surface area (Å²) in [6.45, 7) is 17.9. The summed E-state index contributed by atoms with van der Waals surface area (Å²) < 4.78 is 5.52. The second-order valence-corrected chi connectivity index (χ2v) is 15.3. The Bertz CT molecular complexity index is 815. The van der Waals surface area contributed by atoms with E-state index in [1.165, 1.54) is 44.9 Å². The highest BCUT2D eigenvalue weighted by Crippen LogP contribution is 2.67. The Balaban J connectivity index is 1.43. The fraction of sp³-hybridized carbons (Fsp3) is 0.938. The zero-order valence-electron chi connectivity index (χ0n) is 24.6. The number of amides is 1. The van der Waals surface area contributed by atoms with Crippen LogP contribution in [0.25, 0.3) is 0 Å². The van der Waals surface area contributed by atoms with Crippen LogP contribution in [-0.4, -0.2) is 23.5 Å². The Hall–Kier alpha value is -1.06. The summed E-state index contributed by atoms with van der Waals surface area (Å²) in [7, 11) is 0. The van der Waals surface area contributed by atoms with Gasteiger partial charge in [0.2, 0.25) is 0 Å². The molecular weight excluding hydrogens is 446 g/mol. The summed E-state index contributed by atoms with van der Waals surface area (Å²) in [6, 6.07) is 0.124. The molecule has 0 aromatic heterocycles. The number of ketones is 1. The summed E-state index contributed by atoms with van der Waals surface area (Å²) in [5.41, 5.74) is 0.0842. The van der Waals surface area contributed by atoms with Crippen molar-refractivity contribution < 1.29 is 14.3 Å². The van der Waals surface area contributed by atoms with E-state index in [9.17, 15) is 9.59 Å². The van der Waals surface area contributed by atoms with Crippen molar-refractivity contribution in [2.45, 2.75) is 138 Å². The summed E-state index contributed by atoms with van der Waals surface area (Å²) in [5, 5.41) is 3.12. The van der Waals surface area contributed by atoms with E-state index in [-0.39, 0.29) is 23.5 Å². The van der Waals surface area contributed by atoms with Gasteiger partial charge in [-0.3, -0.25) is 4.79 Å². The Morgan fingerprint density at radius 3 is 2.33 bits per heavy atom. The Kier molecular flexibility index (Phi) is 7.96. The fourth-order valence-corrected chi connectivity index (χ4v) is 9.56. The molecular formula is C32H55NO3. The average molecular weight is 502 g/mol. The van der Waals surface area contributed by atoms with Crippen LogP contribution in [0.3, 0.4) is 0 Å². The predicted octanol–water partition coefficient (Wildman–Crippen LogP) is 8.18. The van der Waals surface area contributed by atoms with Crippen molar-refractivity contribution in [3.63, 3.8) is 0 Å². The molecule has 4 fully saturated rings. The number of ether oxygens (including phenoxy) is 1. The van der Waals surface area contributed by atoms with Crippen LogP contribution in [-0.2, 0) is 9.53 Å². The molecule has 206 valence electrons. The van der Waals surface area contributed by atoms with Gasteiger partial charge in [0.25, 0.3) is 0 Å². The lowest BCUT2D eigenvalue weighted by Crippen LogP contribution is -2.58. The zero-order valence-corrected chi connectivity index (χ0v) is 24.6. The van der Waals surface area contributed by atoms with E-state index in [1.807, 2.05) is 20.8 Å². The van der Waals surface area contributed by atoms with Gasteiger partial charge in [0.1, 0.15) is 11.4 Å². The normalized spacial score (nSPS) is 41.3. The van der Waals surface area contributed by atoms with E-state index in [4.69, 9.17) is 4.74 Å². The first-order valence-corrected chi connectivity index (χ1v) is 15.3. The van der Waals surface area contributed by atoms with Crippen molar-refractivity contribution >= 4 is 11.9 Å². The smallest absolute Gasteiger partial charge is 0.407 e. The molecule has 9 atom stereocenters. The van der Waals surface area contributed by atoms with Gasteiger partial charge in [0, 0.05) is 18.4 Å². The molecule has 4 aliphatic rings. The minimum Gasteiger partial charge on any atom is -0.444 e. The van der Waals surface area contributed by atoms with Crippen molar-refractivity contribution in [1.29, 1.82) is 0 Å². The van der Waals surface area contributed by atoms with Crippen molar-refractivity contribution in [1.82, 2.24) is 5.32 Å². The minimum absolute atomic E-state index is 0.124. The molecule has 4 nitrogen and oxygen atoms in total. The Labute approximate surface area is 221 Å². The molecule has 4 aliphatic carbocycles. The molecule has 0 aliphatic heterocycles. The van der Waals surface area contributed by atoms with Crippen LogP contribution in [0.2, 0.25) is 0 Å². The number of hydrogen-bond acceptors (Lipinski definition) is 3. The highest BCUT2D eigenvalue weighted by Gasteiger charge is 2.63. The van der Waals surface area contributed by atoms with Crippen LogP contribution in [0.5, 0.6) is 0 Å². The maximum absolute atomic E-state index is 13.8. The number of carbonyl (C=O) groups excluding carboxylic acids is 2. The molecule has 0 spiro atoms. The highest BCUT2D eigenvalue weighted by atomic mass is 16.6. The third kappa shape index (κ3) is 5.39. The summed E-state index contributed by atoms with van der Waals surface area (Å²) in [4.78, 5) is 26.2. The molecule has 4 saturated carbocycles. The van der Waals surface area contributed by atoms with Gasteiger partial charge >= 0.3 is 6.09 Å². The van der Waals surface area contributed by atoms with Crippen LogP contribution in [0.1, 0.15) is 126 Å². The van der Waals surface area contributed by atoms with E-state index in [0.29, 0.717) is 35.4 Å². The van der Waals surface area contributed by atoms with Gasteiger partial charge in [-0.25, -0.2) is 4.79 Å². The van der Waals surface area contributed by atoms with Crippen molar-refractivity contribution in [3.05, 3.63) is 0 Å². The van der Waals surface area contributed by atoms with Gasteiger partial charge in [-0.1, -0.05) is 53.9 Å². The summed E-state index contributed by atoms with van der Waals surface area (Å²) in [5.74, 6) is 4.65. The minimum atomic E-state index is -0.485. The molecule has 0 radical (unpaired) electrons. The number of carbonyl (C=O) groups is 2. The fourth-order valence-electron chi connectivity index (χ4n) is 9.56. The summed E-state index contributed by atoms with van der Waals surface area (Å²) in [6.07, 6.45) is 12.6. The number of alkyl carbamates (subject to hydrolysis) is 1. The SMILES string of the molecule is CC(C)CCC[C@@H](C)[C@H]1CC[C@H]2[C@@H]3C(=O)C[C@H]4C[C@H](NC(=O)OC(C)(C)C)CC[C@]4(C)[C@H]3CC[C@]12C. The maximum atomic E-state index is 13.8. The first-order chi connectivity index (χ1) is 16.7. The van der Waals surface area contributed by atoms with Crippen LogP contribution in [0.15, 0.2) is 0 Å². The van der Waals surface area contributed by atoms with Gasteiger partial charge in [0.05, 0.1) is 0 Å². The highest BCUT2D eigenvalue weighted by molar-refractivity contribution is 5.83. The first kappa shape index (κ1) is 28.0. The van der Waals surface area contributed by atoms with Gasteiger partial charge < -0.3 is 10.1 Å². The number of nitrogens with one attached hydrogen (secondary N) is 1. The number of fused-ring (bicyclic) bond motifs is 5. The van der Waals surface area contributed by atoms with Crippen LogP contribution in [0, 0.1) is 52.3 Å². The number of rotatable bonds is 6. The lowest BCUT2D eigenvalue weighted by molar-refractivity contribution is -0.157. The van der Waals surface area contributed by atoms with Crippen LogP contribution >= 0.6 is 0 Å². The lowest BCUT2D eigenvalue weighted by atomic mass is 9.44. The molecule has 1 N–H and O–H groups in total. The molecule has 0 heterocycles. The molecule has 4 heteroatoms. The van der Waals surface area contributed by atoms with Crippen LogP contribution < -0.4 is 5.32 Å². The molecule has 36 heavy (non-hydrogen) atoms. The molecule has 0 unspecified atom stereocenters. The Morgan fingerprint density at radius 2 is 1.67 bits per heavy atom. The molecule has 0 aromatic carbocycles. The largest absolute Gasteiger partial charge is 0.444 e. The standard InChI is InChI=1S/C32H55NO3/c1-20(2)10-9-11-21(3)24-12-13-25-28-26(15-17-32(24,25)8)31(7)16-14-23(18-22(31)19-27(28)34)33-29(35)36-30(4,5)6/h20-26,28H,9-19H2,1-8H3,(H,33,35)/t21-,22-,23-,24-,25+,26+,28+,31+,32-/m1/s1. The zero-order chi connectivity index (χ0) is 26.5. The molecule has 0 bridgehead atoms. The van der Waals surface area contributed by atoms with Gasteiger partial charge in [0.15, 0.2) is 0 Å². The molecule has 4 rings (SSSR count). The average Bonchev–Trinajstić information content (AvgIpc) is 3.10. The third-order valence-electron chi connectivity index (χ3n) is 11.4. The monoisotopic (exact) mass is 501 g/mol. The van der Waals surface area contributed by atoms with Crippen molar-refractivity contribution in [2.24, 2.45) is 52.3 Å². The lowest BCUT2D eigenvalue weighted by Gasteiger charge is -2.60. The van der Waals surface area contributed by atoms with E-state index < -0.39 is 5.60 Å². The number of hydrogen-bond donors (Lipinski definition) is 1. The topological polar surface area (TPSA) is 55.4 Å². The van der Waals surface area contributed by atoms with Gasteiger partial charge in [-0.2, -0.15) is 0 Å². The number of Topliss-reactive ketones (excluding diaryl/α,β-unsaturated/α-hetero) is 1. The predicted molar refractivity (Wildman–Crippen MR) is 147 cm³/mol.